The summed E-state index contributed by atoms with van der Waals surface area (Å²) in [6.07, 6.45) is 4.98. The topological polar surface area (TPSA) is 66.8 Å². The van der Waals surface area contributed by atoms with Crippen molar-refractivity contribution in [3.8, 4) is 0 Å². The third-order valence-electron chi connectivity index (χ3n) is 1.49. The van der Waals surface area contributed by atoms with Crippen LogP contribution >= 0.6 is 0 Å². The lowest BCUT2D eigenvalue weighted by Crippen LogP contribution is -2.01. The molecule has 0 spiro atoms. The molecule has 4 nitrogen and oxygen atoms in total. The van der Waals surface area contributed by atoms with Crippen molar-refractivity contribution in [1.29, 1.82) is 0 Å². The Balaban J connectivity index is 0.000000354. The predicted molar refractivity (Wildman–Crippen MR) is 45.5 cm³/mol. The molecular weight excluding hydrogens is 159 g/mol. The van der Waals surface area contributed by atoms with Crippen molar-refractivity contribution in [2.24, 2.45) is 0 Å². The first-order chi connectivity index (χ1) is 5.76. The number of hydrogen-bond donors (Lipinski definition) is 2. The number of carbonyl (C=O) groups is 1. The SMILES string of the molecule is COC(=O)C1=CCCC1.OBO. The van der Waals surface area contributed by atoms with Crippen LogP contribution in [0.1, 0.15) is 19.3 Å². The van der Waals surface area contributed by atoms with E-state index in [1.165, 1.54) is 7.11 Å². The van der Waals surface area contributed by atoms with Gasteiger partial charge in [-0.25, -0.2) is 4.79 Å². The highest BCUT2D eigenvalue weighted by Crippen LogP contribution is 2.17. The molecule has 0 aromatic rings. The van der Waals surface area contributed by atoms with Gasteiger partial charge in [0.25, 0.3) is 0 Å². The number of methoxy groups -OCH3 is 1. The third kappa shape index (κ3) is 4.15. The highest BCUT2D eigenvalue weighted by Gasteiger charge is 2.12. The zero-order valence-electron chi connectivity index (χ0n) is 7.12. The molecule has 0 aliphatic heterocycles. The first kappa shape index (κ1) is 11.2. The third-order valence-corrected chi connectivity index (χ3v) is 1.49. The van der Waals surface area contributed by atoms with Gasteiger partial charge >= 0.3 is 13.7 Å². The van der Waals surface area contributed by atoms with Crippen LogP contribution in [0, 0.1) is 0 Å². The van der Waals surface area contributed by atoms with Gasteiger partial charge in [0, 0.05) is 5.57 Å². The molecule has 0 bridgehead atoms. The summed E-state index contributed by atoms with van der Waals surface area (Å²) in [5, 5.41) is 14.2. The van der Waals surface area contributed by atoms with Gasteiger partial charge in [-0.2, -0.15) is 0 Å². The summed E-state index contributed by atoms with van der Waals surface area (Å²) < 4.78 is 4.53. The van der Waals surface area contributed by atoms with E-state index in [0.717, 1.165) is 24.8 Å². The van der Waals surface area contributed by atoms with Gasteiger partial charge in [0.1, 0.15) is 0 Å². The summed E-state index contributed by atoms with van der Waals surface area (Å²) in [6, 6.07) is 0. The Hall–Kier alpha value is -0.805. The predicted octanol–water partition coefficient (Wildman–Crippen LogP) is -0.493. The largest absolute Gasteiger partial charge is 0.466 e. The van der Waals surface area contributed by atoms with Crippen LogP contribution in [0.2, 0.25) is 0 Å². The van der Waals surface area contributed by atoms with Crippen LogP contribution in [0.4, 0.5) is 0 Å². The van der Waals surface area contributed by atoms with Crippen LogP contribution in [0.5, 0.6) is 0 Å². The van der Waals surface area contributed by atoms with Crippen LogP contribution in [-0.2, 0) is 9.53 Å². The number of rotatable bonds is 1. The van der Waals surface area contributed by atoms with E-state index in [2.05, 4.69) is 4.74 Å². The molecule has 0 unspecified atom stereocenters. The minimum absolute atomic E-state index is 0.160. The molecule has 0 aromatic carbocycles. The Kier molecular flexibility index (Phi) is 6.42. The van der Waals surface area contributed by atoms with Gasteiger partial charge in [0.05, 0.1) is 7.11 Å². The van der Waals surface area contributed by atoms with Gasteiger partial charge in [-0.15, -0.1) is 0 Å². The summed E-state index contributed by atoms with van der Waals surface area (Å²) in [5.41, 5.74) is 0.845. The summed E-state index contributed by atoms with van der Waals surface area (Å²) in [4.78, 5) is 10.7. The fraction of sp³-hybridized carbons (Fsp3) is 0.571. The van der Waals surface area contributed by atoms with E-state index in [9.17, 15) is 4.79 Å². The molecule has 12 heavy (non-hydrogen) atoms. The second-order valence-electron chi connectivity index (χ2n) is 2.25. The molecular formula is C7H13BO4. The number of esters is 1. The molecule has 1 aliphatic rings. The van der Waals surface area contributed by atoms with Crippen LogP contribution in [0.15, 0.2) is 11.6 Å². The lowest BCUT2D eigenvalue weighted by atomic mass is 10.2. The second-order valence-corrected chi connectivity index (χ2v) is 2.25. The molecule has 1 aliphatic carbocycles. The lowest BCUT2D eigenvalue weighted by molar-refractivity contribution is -0.136. The van der Waals surface area contributed by atoms with Gasteiger partial charge in [0.15, 0.2) is 0 Å². The molecule has 0 heterocycles. The van der Waals surface area contributed by atoms with E-state index in [1.807, 2.05) is 6.08 Å². The number of ether oxygens (including phenoxy) is 1. The highest BCUT2D eigenvalue weighted by molar-refractivity contribution is 6.13. The monoisotopic (exact) mass is 172 g/mol. The zero-order valence-corrected chi connectivity index (χ0v) is 7.12. The summed E-state index contributed by atoms with van der Waals surface area (Å²) >= 11 is 0. The van der Waals surface area contributed by atoms with Crippen molar-refractivity contribution in [3.05, 3.63) is 11.6 Å². The van der Waals surface area contributed by atoms with Crippen LogP contribution < -0.4 is 0 Å². The van der Waals surface area contributed by atoms with Crippen LogP contribution in [0.3, 0.4) is 0 Å². The minimum atomic E-state index is -0.750. The molecule has 1 rings (SSSR count). The highest BCUT2D eigenvalue weighted by atomic mass is 16.5. The Bertz CT molecular complexity index is 167. The van der Waals surface area contributed by atoms with Gasteiger partial charge in [0.2, 0.25) is 0 Å². The maximum Gasteiger partial charge on any atom is 0.432 e. The van der Waals surface area contributed by atoms with Gasteiger partial charge < -0.3 is 14.8 Å². The first-order valence-corrected chi connectivity index (χ1v) is 3.75. The fourth-order valence-electron chi connectivity index (χ4n) is 0.987. The van der Waals surface area contributed by atoms with E-state index >= 15 is 0 Å². The Morgan fingerprint density at radius 3 is 2.58 bits per heavy atom. The van der Waals surface area contributed by atoms with Crippen molar-refractivity contribution in [3.63, 3.8) is 0 Å². The average molecular weight is 172 g/mol. The molecule has 0 saturated carbocycles. The van der Waals surface area contributed by atoms with E-state index < -0.39 is 7.69 Å². The summed E-state index contributed by atoms with van der Waals surface area (Å²) in [6.45, 7) is 0. The van der Waals surface area contributed by atoms with Crippen molar-refractivity contribution in [1.82, 2.24) is 0 Å². The second kappa shape index (κ2) is 6.88. The molecule has 2 N–H and O–H groups in total. The van der Waals surface area contributed by atoms with E-state index in [0.29, 0.717) is 0 Å². The fourth-order valence-corrected chi connectivity index (χ4v) is 0.987. The average Bonchev–Trinajstić information content (AvgIpc) is 2.56. The molecule has 0 fully saturated rings. The van der Waals surface area contributed by atoms with Crippen molar-refractivity contribution in [2.75, 3.05) is 7.11 Å². The lowest BCUT2D eigenvalue weighted by Gasteiger charge is -1.95. The summed E-state index contributed by atoms with van der Waals surface area (Å²) in [5.74, 6) is -0.160. The number of hydrogen-bond acceptors (Lipinski definition) is 4. The number of allylic oxidation sites excluding steroid dienone is 1. The van der Waals surface area contributed by atoms with Crippen molar-refractivity contribution >= 4 is 13.7 Å². The maximum absolute atomic E-state index is 10.7. The molecule has 68 valence electrons. The van der Waals surface area contributed by atoms with E-state index in [4.69, 9.17) is 10.0 Å². The molecule has 0 atom stereocenters. The van der Waals surface area contributed by atoms with Crippen molar-refractivity contribution < 1.29 is 19.6 Å². The quantitative estimate of drug-likeness (QED) is 0.413. The molecule has 0 saturated heterocycles. The Morgan fingerprint density at radius 2 is 2.25 bits per heavy atom. The van der Waals surface area contributed by atoms with E-state index in [1.54, 1.807) is 0 Å². The van der Waals surface area contributed by atoms with E-state index in [-0.39, 0.29) is 5.97 Å². The first-order valence-electron chi connectivity index (χ1n) is 3.75. The van der Waals surface area contributed by atoms with Gasteiger partial charge in [-0.1, -0.05) is 6.08 Å². The number of carbonyl (C=O) groups excluding carboxylic acids is 1. The van der Waals surface area contributed by atoms with Crippen molar-refractivity contribution in [2.45, 2.75) is 19.3 Å². The van der Waals surface area contributed by atoms with Crippen LogP contribution in [-0.4, -0.2) is 30.8 Å². The summed E-state index contributed by atoms with van der Waals surface area (Å²) in [7, 11) is 0.668. The van der Waals surface area contributed by atoms with Gasteiger partial charge in [-0.3, -0.25) is 0 Å². The maximum atomic E-state index is 10.7. The standard InChI is InChI=1S/C7H10O2.BH3O2/c1-9-7(8)6-4-2-3-5-6;2-1-3/h4H,2-3,5H2,1H3;1-3H. The molecule has 5 heteroatoms. The molecule has 0 radical (unpaired) electrons. The zero-order chi connectivity index (χ0) is 9.40. The Morgan fingerprint density at radius 1 is 1.67 bits per heavy atom. The van der Waals surface area contributed by atoms with Crippen LogP contribution in [0.25, 0.3) is 0 Å². The Labute approximate surface area is 72.2 Å². The normalized spacial score (nSPS) is 14.1. The minimum Gasteiger partial charge on any atom is -0.466 e. The molecule has 0 aromatic heterocycles. The van der Waals surface area contributed by atoms with Gasteiger partial charge in [-0.05, 0) is 19.3 Å². The molecule has 0 amide bonds. The smallest absolute Gasteiger partial charge is 0.432 e.